The molecule has 61 heavy (non-hydrogen) atoms. The van der Waals surface area contributed by atoms with Crippen molar-refractivity contribution in [3.05, 3.63) is 145 Å². The van der Waals surface area contributed by atoms with Gasteiger partial charge in [0.05, 0.1) is 0 Å². The van der Waals surface area contributed by atoms with Crippen LogP contribution in [0.3, 0.4) is 0 Å². The zero-order valence-electron chi connectivity index (χ0n) is 39.3. The molecule has 1 atom stereocenters. The molecule has 6 aliphatic carbocycles. The first-order valence-corrected chi connectivity index (χ1v) is 24.3. The summed E-state index contributed by atoms with van der Waals surface area (Å²) in [7, 11) is 0. The monoisotopic (exact) mass is 925 g/mol. The Labute approximate surface area is 396 Å². The van der Waals surface area contributed by atoms with Gasteiger partial charge in [-0.2, -0.15) is 0 Å². The summed E-state index contributed by atoms with van der Waals surface area (Å²) in [5, 5.41) is 2.91. The van der Waals surface area contributed by atoms with Crippen LogP contribution in [0, 0.1) is 35.5 Å². The summed E-state index contributed by atoms with van der Waals surface area (Å²) in [6.45, 7) is 31.0. The standard InChI is InChI=1S/C58H69.2ClH.Zr/c1-34-24-40(51-41-26-35-25-36(28-41)29-42(51)27-35)32-47(34)53-49-31-39-30-45(57(8,9)10)22-23-46(39)48(49)33-50(54(53)58(11,12)13)52(37-14-18-43(19-15-37)55(2,3)4)38-16-20-44(21-17-38)56(5,6)7;;;/h14-24,30,32-36,41-42,51H,25-29H2,1-13H3;2*1H;/q;;;+2/p-2. The molecule has 0 heterocycles. The summed E-state index contributed by atoms with van der Waals surface area (Å²) in [5.74, 6) is 4.86. The number of allylic oxidation sites excluding steroid dienone is 4. The molecule has 0 N–H and O–H groups in total. The average molecular weight is 928 g/mol. The first-order valence-electron chi connectivity index (χ1n) is 23.1. The van der Waals surface area contributed by atoms with Crippen molar-refractivity contribution in [3.63, 3.8) is 0 Å². The minimum absolute atomic E-state index is 0. The molecule has 3 heteroatoms. The van der Waals surface area contributed by atoms with Crippen molar-refractivity contribution >= 4 is 14.4 Å². The molecule has 0 aromatic heterocycles. The van der Waals surface area contributed by atoms with Crippen LogP contribution >= 0.6 is 0 Å². The molecule has 6 aliphatic rings. The zero-order chi connectivity index (χ0) is 42.1. The molecule has 4 saturated carbocycles. The second-order valence-corrected chi connectivity index (χ2v) is 25.0. The molecule has 0 nitrogen and oxygen atoms in total. The molecule has 4 aromatic carbocycles. The Balaban J connectivity index is 0.00000281. The van der Waals surface area contributed by atoms with Crippen molar-refractivity contribution in [1.29, 1.82) is 0 Å². The third kappa shape index (κ3) is 8.27. The molecule has 0 spiro atoms. The maximum atomic E-state index is 2.76. The molecular weight excluding hydrogens is 859 g/mol. The summed E-state index contributed by atoms with van der Waals surface area (Å²) in [4.78, 5) is 0. The molecule has 0 radical (unpaired) electrons. The van der Waals surface area contributed by atoms with Crippen LogP contribution in [0.25, 0.3) is 25.6 Å². The summed E-state index contributed by atoms with van der Waals surface area (Å²) in [5.41, 5.74) is 18.8. The minimum Gasteiger partial charge on any atom is -1.00 e. The van der Waals surface area contributed by atoms with Crippen LogP contribution in [-0.4, -0.2) is 0 Å². The van der Waals surface area contributed by atoms with E-state index in [0.717, 1.165) is 29.6 Å². The quantitative estimate of drug-likeness (QED) is 0.196. The number of halogens is 2. The van der Waals surface area contributed by atoms with E-state index in [2.05, 4.69) is 175 Å². The van der Waals surface area contributed by atoms with Gasteiger partial charge in [0.2, 0.25) is 0 Å². The summed E-state index contributed by atoms with van der Waals surface area (Å²) >= 11 is 1.50. The average Bonchev–Trinajstić information content (AvgIpc) is 3.65. The fourth-order valence-electron chi connectivity index (χ4n) is 12.5. The number of hydrogen-bond acceptors (Lipinski definition) is 0. The van der Waals surface area contributed by atoms with E-state index in [1.54, 1.807) is 11.1 Å². The fourth-order valence-corrected chi connectivity index (χ4v) is 13.6. The van der Waals surface area contributed by atoms with E-state index >= 15 is 0 Å². The van der Waals surface area contributed by atoms with E-state index in [0.29, 0.717) is 5.92 Å². The molecule has 4 bridgehead atoms. The van der Waals surface area contributed by atoms with Crippen molar-refractivity contribution in [3.8, 4) is 11.1 Å². The van der Waals surface area contributed by atoms with Gasteiger partial charge in [0.15, 0.2) is 0 Å². The summed E-state index contributed by atoms with van der Waals surface area (Å²) < 4.78 is 1.53. The van der Waals surface area contributed by atoms with Gasteiger partial charge in [-0.1, -0.05) is 0 Å². The molecular formula is C58H69Cl2Zr. The van der Waals surface area contributed by atoms with Crippen LogP contribution in [0.4, 0.5) is 0 Å². The molecule has 0 aliphatic heterocycles. The van der Waals surface area contributed by atoms with Crippen molar-refractivity contribution in [2.45, 2.75) is 144 Å². The maximum absolute atomic E-state index is 2.76. The Kier molecular flexibility index (Phi) is 12.4. The molecule has 1 unspecified atom stereocenters. The van der Waals surface area contributed by atoms with Crippen molar-refractivity contribution in [2.75, 3.05) is 0 Å². The van der Waals surface area contributed by atoms with Crippen LogP contribution in [0.1, 0.15) is 167 Å². The molecule has 0 saturated heterocycles. The molecule has 4 fully saturated rings. The van der Waals surface area contributed by atoms with Gasteiger partial charge in [0.1, 0.15) is 0 Å². The van der Waals surface area contributed by atoms with Crippen molar-refractivity contribution < 1.29 is 49.5 Å². The molecule has 0 amide bonds. The first kappa shape index (κ1) is 46.6. The van der Waals surface area contributed by atoms with E-state index in [1.807, 2.05) is 0 Å². The van der Waals surface area contributed by atoms with E-state index in [4.69, 9.17) is 0 Å². The maximum Gasteiger partial charge on any atom is -1.00 e. The fraction of sp³-hybridized carbons (Fsp3) is 0.483. The summed E-state index contributed by atoms with van der Waals surface area (Å²) in [6.07, 6.45) is 12.9. The SMILES string of the molecule is CC1C=C(C2C3CC4CC(C3)CC2C4)C=C1c1c(C(C)(C)C)c(=C(c2ccc(C(C)(C)C)cc2)c2ccc(C(C)(C)C)cc2)cc2c1=[C]([Zr+2])c1cc(C(C)(C)C)ccc1-2.[Cl-].[Cl-]. The van der Waals surface area contributed by atoms with Gasteiger partial charge in [-0.3, -0.25) is 0 Å². The van der Waals surface area contributed by atoms with Crippen molar-refractivity contribution in [1.82, 2.24) is 0 Å². The topological polar surface area (TPSA) is 0 Å². The van der Waals surface area contributed by atoms with Gasteiger partial charge >= 0.3 is 375 Å². The van der Waals surface area contributed by atoms with Gasteiger partial charge in [0.25, 0.3) is 0 Å². The largest absolute Gasteiger partial charge is 1.00 e. The van der Waals surface area contributed by atoms with Crippen molar-refractivity contribution in [2.24, 2.45) is 35.5 Å². The number of rotatable bonds is 4. The van der Waals surface area contributed by atoms with Crippen LogP contribution in [0.15, 0.2) is 90.5 Å². The number of fused-ring (bicyclic) bond motifs is 3. The van der Waals surface area contributed by atoms with E-state index in [9.17, 15) is 0 Å². The van der Waals surface area contributed by atoms with Crippen LogP contribution in [0.2, 0.25) is 0 Å². The Morgan fingerprint density at radius 3 is 1.48 bits per heavy atom. The number of hydrogen-bond donors (Lipinski definition) is 0. The minimum atomic E-state index is -0.116. The molecule has 4 aromatic rings. The normalized spacial score (nSPS) is 24.1. The Morgan fingerprint density at radius 1 is 0.541 bits per heavy atom. The van der Waals surface area contributed by atoms with Gasteiger partial charge in [-0.05, 0) is 0 Å². The Bertz CT molecular complexity index is 2450. The first-order chi connectivity index (χ1) is 27.6. The van der Waals surface area contributed by atoms with Crippen LogP contribution in [0.5, 0.6) is 0 Å². The Hall–Kier alpha value is -2.44. The molecule has 319 valence electrons. The van der Waals surface area contributed by atoms with Gasteiger partial charge in [-0.25, -0.2) is 0 Å². The zero-order valence-corrected chi connectivity index (χ0v) is 43.3. The summed E-state index contributed by atoms with van der Waals surface area (Å²) in [6, 6.07) is 29.3. The second kappa shape index (κ2) is 16.2. The second-order valence-electron chi connectivity index (χ2n) is 23.8. The smallest absolute Gasteiger partial charge is 1.00 e. The van der Waals surface area contributed by atoms with E-state index in [-0.39, 0.29) is 46.5 Å². The Morgan fingerprint density at radius 2 is 1.02 bits per heavy atom. The van der Waals surface area contributed by atoms with E-state index in [1.165, 1.54) is 132 Å². The van der Waals surface area contributed by atoms with Gasteiger partial charge in [0, 0.05) is 0 Å². The molecule has 10 rings (SSSR count). The van der Waals surface area contributed by atoms with Gasteiger partial charge in [-0.15, -0.1) is 0 Å². The third-order valence-corrected chi connectivity index (χ3v) is 16.6. The van der Waals surface area contributed by atoms with Gasteiger partial charge < -0.3 is 24.8 Å². The predicted octanol–water partition coefficient (Wildman–Crippen LogP) is 7.85. The van der Waals surface area contributed by atoms with E-state index < -0.39 is 0 Å². The predicted molar refractivity (Wildman–Crippen MR) is 249 cm³/mol. The van der Waals surface area contributed by atoms with Crippen LogP contribution in [-0.2, 0) is 46.4 Å². The third-order valence-electron chi connectivity index (χ3n) is 15.3. The number of benzene rings is 4. The van der Waals surface area contributed by atoms with Crippen LogP contribution < -0.4 is 35.3 Å².